The standard InChI is InChI=1S/C8H16N2O5S/c1-2-16(15)4-3-9-8(14)10-6(5-11)7(12)13/h6,11H,2-5H2,1H3,(H,12,13)(H2,9,10,14)/t6-,16?/m1/s1. The van der Waals surface area contributed by atoms with Gasteiger partial charge in [-0.2, -0.15) is 0 Å². The van der Waals surface area contributed by atoms with Gasteiger partial charge in [0.05, 0.1) is 6.61 Å². The number of carbonyl (C=O) groups excluding carboxylic acids is 1. The lowest BCUT2D eigenvalue weighted by molar-refractivity contribution is -0.140. The fraction of sp³-hybridized carbons (Fsp3) is 0.750. The Morgan fingerprint density at radius 1 is 1.44 bits per heavy atom. The molecule has 0 aliphatic rings. The number of amides is 2. The van der Waals surface area contributed by atoms with Gasteiger partial charge in [-0.05, 0) is 0 Å². The average molecular weight is 252 g/mol. The molecule has 0 rings (SSSR count). The quantitative estimate of drug-likeness (QED) is 0.440. The zero-order valence-electron chi connectivity index (χ0n) is 8.93. The number of carboxylic acid groups (broad SMARTS) is 1. The SMILES string of the molecule is CCS(=O)CCNC(=O)N[C@H](CO)C(=O)O. The Bertz CT molecular complexity index is 271. The summed E-state index contributed by atoms with van der Waals surface area (Å²) < 4.78 is 11.0. The molecule has 0 saturated carbocycles. The van der Waals surface area contributed by atoms with Crippen molar-refractivity contribution in [3.8, 4) is 0 Å². The fourth-order valence-electron chi connectivity index (χ4n) is 0.817. The van der Waals surface area contributed by atoms with Crippen LogP contribution in [0.1, 0.15) is 6.92 Å². The molecule has 1 unspecified atom stereocenters. The lowest BCUT2D eigenvalue weighted by Gasteiger charge is -2.12. The van der Waals surface area contributed by atoms with Crippen LogP contribution < -0.4 is 10.6 Å². The third-order valence-electron chi connectivity index (χ3n) is 1.72. The number of urea groups is 1. The topological polar surface area (TPSA) is 116 Å². The lowest BCUT2D eigenvalue weighted by Crippen LogP contribution is -2.48. The molecule has 0 aromatic carbocycles. The Kier molecular flexibility index (Phi) is 7.48. The number of aliphatic hydroxyl groups is 1. The van der Waals surface area contributed by atoms with Gasteiger partial charge in [0.15, 0.2) is 6.04 Å². The highest BCUT2D eigenvalue weighted by Gasteiger charge is 2.18. The summed E-state index contributed by atoms with van der Waals surface area (Å²) in [5.41, 5.74) is 0. The average Bonchev–Trinajstić information content (AvgIpc) is 2.25. The molecule has 8 heteroatoms. The summed E-state index contributed by atoms with van der Waals surface area (Å²) in [5, 5.41) is 21.6. The van der Waals surface area contributed by atoms with Gasteiger partial charge in [-0.3, -0.25) is 4.21 Å². The number of carboxylic acids is 1. The second-order valence-electron chi connectivity index (χ2n) is 2.91. The van der Waals surface area contributed by atoms with Crippen molar-refractivity contribution < 1.29 is 24.0 Å². The number of carbonyl (C=O) groups is 2. The van der Waals surface area contributed by atoms with E-state index in [1.54, 1.807) is 6.92 Å². The molecule has 2 atom stereocenters. The maximum atomic E-state index is 11.1. The van der Waals surface area contributed by atoms with Crippen molar-refractivity contribution in [1.29, 1.82) is 0 Å². The first-order chi connectivity index (χ1) is 7.51. The van der Waals surface area contributed by atoms with Crippen LogP contribution in [0.3, 0.4) is 0 Å². The first kappa shape index (κ1) is 14.8. The van der Waals surface area contributed by atoms with Crippen LogP contribution in [0.4, 0.5) is 4.79 Å². The van der Waals surface area contributed by atoms with Crippen LogP contribution in [0, 0.1) is 0 Å². The van der Waals surface area contributed by atoms with Gasteiger partial charge in [-0.25, -0.2) is 9.59 Å². The van der Waals surface area contributed by atoms with Crippen molar-refractivity contribution in [2.75, 3.05) is 24.7 Å². The summed E-state index contributed by atoms with van der Waals surface area (Å²) in [7, 11) is -0.975. The highest BCUT2D eigenvalue weighted by molar-refractivity contribution is 7.84. The van der Waals surface area contributed by atoms with E-state index in [9.17, 15) is 13.8 Å². The molecule has 0 bridgehead atoms. The number of aliphatic carboxylic acids is 1. The van der Waals surface area contributed by atoms with E-state index in [0.717, 1.165) is 0 Å². The second kappa shape index (κ2) is 8.05. The monoisotopic (exact) mass is 252 g/mol. The molecule has 2 amide bonds. The molecule has 0 heterocycles. The third kappa shape index (κ3) is 6.36. The number of rotatable bonds is 7. The number of hydrogen-bond acceptors (Lipinski definition) is 4. The maximum absolute atomic E-state index is 11.1. The Morgan fingerprint density at radius 3 is 2.50 bits per heavy atom. The zero-order chi connectivity index (χ0) is 12.6. The van der Waals surface area contributed by atoms with E-state index in [0.29, 0.717) is 11.5 Å². The van der Waals surface area contributed by atoms with Crippen molar-refractivity contribution in [3.63, 3.8) is 0 Å². The number of hydrogen-bond donors (Lipinski definition) is 4. The van der Waals surface area contributed by atoms with E-state index >= 15 is 0 Å². The summed E-state index contributed by atoms with van der Waals surface area (Å²) in [4.78, 5) is 21.5. The summed E-state index contributed by atoms with van der Waals surface area (Å²) in [6, 6.07) is -2.02. The second-order valence-corrected chi connectivity index (χ2v) is 4.77. The van der Waals surface area contributed by atoms with E-state index in [-0.39, 0.29) is 6.54 Å². The van der Waals surface area contributed by atoms with E-state index in [1.165, 1.54) is 0 Å². The van der Waals surface area contributed by atoms with Gasteiger partial charge in [0.2, 0.25) is 0 Å². The summed E-state index contributed by atoms with van der Waals surface area (Å²) in [6.07, 6.45) is 0. The summed E-state index contributed by atoms with van der Waals surface area (Å²) in [6.45, 7) is 1.29. The molecule has 0 aliphatic carbocycles. The van der Waals surface area contributed by atoms with Gasteiger partial charge in [0, 0.05) is 28.9 Å². The predicted molar refractivity (Wildman–Crippen MR) is 58.6 cm³/mol. The molecule has 0 aromatic heterocycles. The molecule has 94 valence electrons. The smallest absolute Gasteiger partial charge is 0.328 e. The Labute approximate surface area is 95.7 Å². The highest BCUT2D eigenvalue weighted by Crippen LogP contribution is 1.83. The van der Waals surface area contributed by atoms with Crippen LogP contribution >= 0.6 is 0 Å². The van der Waals surface area contributed by atoms with Crippen LogP contribution in [0.2, 0.25) is 0 Å². The third-order valence-corrected chi connectivity index (χ3v) is 3.03. The Balaban J connectivity index is 3.81. The van der Waals surface area contributed by atoms with Crippen molar-refractivity contribution in [2.45, 2.75) is 13.0 Å². The number of nitrogens with one attached hydrogen (secondary N) is 2. The molecule has 0 radical (unpaired) electrons. The maximum Gasteiger partial charge on any atom is 0.328 e. The van der Waals surface area contributed by atoms with Gasteiger partial charge in [0.1, 0.15) is 0 Å². The molecule has 0 saturated heterocycles. The largest absolute Gasteiger partial charge is 0.480 e. The molecule has 4 N–H and O–H groups in total. The van der Waals surface area contributed by atoms with Crippen LogP contribution in [0.5, 0.6) is 0 Å². The highest BCUT2D eigenvalue weighted by atomic mass is 32.2. The van der Waals surface area contributed by atoms with E-state index in [1.807, 2.05) is 0 Å². The van der Waals surface area contributed by atoms with Gasteiger partial charge >= 0.3 is 12.0 Å². The van der Waals surface area contributed by atoms with Gasteiger partial charge in [0.25, 0.3) is 0 Å². The van der Waals surface area contributed by atoms with Gasteiger partial charge in [-0.15, -0.1) is 0 Å². The van der Waals surface area contributed by atoms with E-state index < -0.39 is 35.4 Å². The Hall–Kier alpha value is -1.15. The molecule has 7 nitrogen and oxygen atoms in total. The van der Waals surface area contributed by atoms with Crippen LogP contribution in [-0.2, 0) is 15.6 Å². The Morgan fingerprint density at radius 2 is 2.06 bits per heavy atom. The van der Waals surface area contributed by atoms with Crippen LogP contribution in [0.15, 0.2) is 0 Å². The molecular formula is C8H16N2O5S. The van der Waals surface area contributed by atoms with E-state index in [4.69, 9.17) is 10.2 Å². The molecule has 0 fully saturated rings. The lowest BCUT2D eigenvalue weighted by atomic mass is 10.3. The molecule has 0 aromatic rings. The summed E-state index contributed by atoms with van der Waals surface area (Å²) >= 11 is 0. The van der Waals surface area contributed by atoms with Crippen molar-refractivity contribution >= 4 is 22.8 Å². The zero-order valence-corrected chi connectivity index (χ0v) is 9.75. The van der Waals surface area contributed by atoms with E-state index in [2.05, 4.69) is 10.6 Å². The minimum Gasteiger partial charge on any atom is -0.480 e. The molecule has 0 aliphatic heterocycles. The van der Waals surface area contributed by atoms with Crippen molar-refractivity contribution in [3.05, 3.63) is 0 Å². The van der Waals surface area contributed by atoms with Crippen LogP contribution in [-0.4, -0.2) is 57.1 Å². The first-order valence-electron chi connectivity index (χ1n) is 4.74. The summed E-state index contributed by atoms with van der Waals surface area (Å²) in [5.74, 6) is -0.479. The first-order valence-corrected chi connectivity index (χ1v) is 6.23. The minimum absolute atomic E-state index is 0.198. The van der Waals surface area contributed by atoms with Crippen molar-refractivity contribution in [1.82, 2.24) is 10.6 Å². The molecular weight excluding hydrogens is 236 g/mol. The van der Waals surface area contributed by atoms with Crippen molar-refractivity contribution in [2.24, 2.45) is 0 Å². The van der Waals surface area contributed by atoms with Crippen LogP contribution in [0.25, 0.3) is 0 Å². The molecule has 16 heavy (non-hydrogen) atoms. The minimum atomic E-state index is -1.32. The number of aliphatic hydroxyl groups excluding tert-OH is 1. The fourth-order valence-corrected chi connectivity index (χ4v) is 1.44. The van der Waals surface area contributed by atoms with Gasteiger partial charge < -0.3 is 20.8 Å². The normalized spacial score (nSPS) is 13.9. The molecule has 0 spiro atoms. The predicted octanol–water partition coefficient (Wildman–Crippen LogP) is -1.50. The van der Waals surface area contributed by atoms with Gasteiger partial charge in [-0.1, -0.05) is 6.92 Å².